The van der Waals surface area contributed by atoms with Gasteiger partial charge in [-0.15, -0.1) is 0 Å². The molecule has 1 aromatic rings. The average molecular weight is 232 g/mol. The number of rotatable bonds is 2. The third-order valence-corrected chi connectivity index (χ3v) is 4.12. The fourth-order valence-corrected chi connectivity index (χ4v) is 3.26. The summed E-state index contributed by atoms with van der Waals surface area (Å²) in [6.07, 6.45) is 7.88. The van der Waals surface area contributed by atoms with E-state index in [1.54, 1.807) is 0 Å². The van der Waals surface area contributed by atoms with Gasteiger partial charge in [-0.2, -0.15) is 0 Å². The molecule has 2 N–H and O–H groups in total. The summed E-state index contributed by atoms with van der Waals surface area (Å²) >= 11 is 0. The molecule has 1 aromatic heterocycles. The fraction of sp³-hybridized carbons (Fsp3) is 0.538. The standard InChI is InChI=1S/C13H16N2O2/c16-12-3-4-14-7-10(12)13(17)15-11-6-8-1-2-9(11)5-8/h3-4,7-9,11H,1-2,5-6H2,(H,14,16)(H,15,17). The molecule has 3 atom stereocenters. The van der Waals surface area contributed by atoms with Crippen molar-refractivity contribution in [2.24, 2.45) is 11.8 Å². The summed E-state index contributed by atoms with van der Waals surface area (Å²) in [6, 6.07) is 1.66. The summed E-state index contributed by atoms with van der Waals surface area (Å²) in [4.78, 5) is 26.3. The lowest BCUT2D eigenvalue weighted by Crippen LogP contribution is -2.40. The summed E-state index contributed by atoms with van der Waals surface area (Å²) in [6.45, 7) is 0. The van der Waals surface area contributed by atoms with E-state index in [-0.39, 0.29) is 22.9 Å². The lowest BCUT2D eigenvalue weighted by molar-refractivity contribution is 0.0921. The Morgan fingerprint density at radius 1 is 1.35 bits per heavy atom. The molecule has 0 radical (unpaired) electrons. The Hall–Kier alpha value is -1.58. The Labute approximate surface area is 99.4 Å². The topological polar surface area (TPSA) is 62.0 Å². The maximum Gasteiger partial charge on any atom is 0.256 e. The van der Waals surface area contributed by atoms with Crippen LogP contribution in [0, 0.1) is 11.8 Å². The zero-order valence-electron chi connectivity index (χ0n) is 9.61. The molecular weight excluding hydrogens is 216 g/mol. The molecule has 2 fully saturated rings. The van der Waals surface area contributed by atoms with Gasteiger partial charge in [-0.1, -0.05) is 6.42 Å². The molecule has 4 nitrogen and oxygen atoms in total. The molecule has 1 amide bonds. The van der Waals surface area contributed by atoms with E-state index in [0.29, 0.717) is 5.92 Å². The minimum absolute atomic E-state index is 0.218. The SMILES string of the molecule is O=C(NC1CC2CCC1C2)c1c[nH]ccc1=O. The first kappa shape index (κ1) is 10.6. The first-order valence-corrected chi connectivity index (χ1v) is 6.22. The molecule has 2 bridgehead atoms. The third kappa shape index (κ3) is 1.88. The second-order valence-electron chi connectivity index (χ2n) is 5.18. The number of pyridine rings is 1. The van der Waals surface area contributed by atoms with Crippen LogP contribution in [0.15, 0.2) is 23.3 Å². The maximum absolute atomic E-state index is 12.0. The fourth-order valence-electron chi connectivity index (χ4n) is 3.26. The molecular formula is C13H16N2O2. The Kier molecular flexibility index (Phi) is 2.50. The van der Waals surface area contributed by atoms with Gasteiger partial charge in [0.2, 0.25) is 0 Å². The van der Waals surface area contributed by atoms with Crippen LogP contribution in [0.2, 0.25) is 0 Å². The van der Waals surface area contributed by atoms with Crippen LogP contribution in [0.1, 0.15) is 36.0 Å². The van der Waals surface area contributed by atoms with Crippen molar-refractivity contribution in [3.05, 3.63) is 34.2 Å². The lowest BCUT2D eigenvalue weighted by atomic mass is 9.95. The molecule has 17 heavy (non-hydrogen) atoms. The van der Waals surface area contributed by atoms with Crippen molar-refractivity contribution >= 4 is 5.91 Å². The highest BCUT2D eigenvalue weighted by Gasteiger charge is 2.40. The monoisotopic (exact) mass is 232 g/mol. The molecule has 4 heteroatoms. The van der Waals surface area contributed by atoms with Gasteiger partial charge in [-0.3, -0.25) is 9.59 Å². The van der Waals surface area contributed by atoms with Crippen LogP contribution in [0.4, 0.5) is 0 Å². The molecule has 0 aliphatic heterocycles. The lowest BCUT2D eigenvalue weighted by Gasteiger charge is -2.22. The van der Waals surface area contributed by atoms with E-state index in [2.05, 4.69) is 10.3 Å². The molecule has 2 saturated carbocycles. The van der Waals surface area contributed by atoms with Crippen LogP contribution < -0.4 is 10.7 Å². The summed E-state index contributed by atoms with van der Waals surface area (Å²) in [5.74, 6) is 1.19. The highest BCUT2D eigenvalue weighted by molar-refractivity contribution is 5.93. The number of carbonyl (C=O) groups excluding carboxylic acids is 1. The number of aromatic amines is 1. The van der Waals surface area contributed by atoms with Crippen molar-refractivity contribution in [2.75, 3.05) is 0 Å². The minimum atomic E-state index is -0.232. The second-order valence-corrected chi connectivity index (χ2v) is 5.18. The van der Waals surface area contributed by atoms with E-state index < -0.39 is 0 Å². The van der Waals surface area contributed by atoms with Crippen LogP contribution in [0.5, 0.6) is 0 Å². The zero-order valence-corrected chi connectivity index (χ0v) is 9.61. The average Bonchev–Trinajstić information content (AvgIpc) is 2.91. The molecule has 1 heterocycles. The molecule has 3 rings (SSSR count). The number of fused-ring (bicyclic) bond motifs is 2. The van der Waals surface area contributed by atoms with Crippen LogP contribution in [0.25, 0.3) is 0 Å². The van der Waals surface area contributed by atoms with Gasteiger partial charge >= 0.3 is 0 Å². The molecule has 2 aliphatic carbocycles. The number of nitrogens with one attached hydrogen (secondary N) is 2. The van der Waals surface area contributed by atoms with Crippen molar-refractivity contribution in [3.63, 3.8) is 0 Å². The van der Waals surface area contributed by atoms with Gasteiger partial charge in [0.25, 0.3) is 5.91 Å². The highest BCUT2D eigenvalue weighted by Crippen LogP contribution is 2.44. The van der Waals surface area contributed by atoms with Crippen molar-refractivity contribution < 1.29 is 4.79 Å². The van der Waals surface area contributed by atoms with E-state index >= 15 is 0 Å². The smallest absolute Gasteiger partial charge is 0.256 e. The van der Waals surface area contributed by atoms with E-state index in [1.807, 2.05) is 0 Å². The second kappa shape index (κ2) is 4.02. The van der Waals surface area contributed by atoms with Gasteiger partial charge in [0.1, 0.15) is 5.56 Å². The van der Waals surface area contributed by atoms with E-state index in [9.17, 15) is 9.59 Å². The number of H-pyrrole nitrogens is 1. The third-order valence-electron chi connectivity index (χ3n) is 4.12. The molecule has 0 saturated heterocycles. The predicted octanol–water partition coefficient (Wildman–Crippen LogP) is 1.29. The van der Waals surface area contributed by atoms with Gasteiger partial charge in [0.15, 0.2) is 5.43 Å². The van der Waals surface area contributed by atoms with Crippen LogP contribution in [0.3, 0.4) is 0 Å². The summed E-state index contributed by atoms with van der Waals surface area (Å²) in [5, 5.41) is 3.01. The summed E-state index contributed by atoms with van der Waals surface area (Å²) in [7, 11) is 0. The van der Waals surface area contributed by atoms with Crippen LogP contribution in [-0.4, -0.2) is 16.9 Å². The normalized spacial score (nSPS) is 30.5. The Morgan fingerprint density at radius 2 is 2.24 bits per heavy atom. The Morgan fingerprint density at radius 3 is 2.88 bits per heavy atom. The zero-order chi connectivity index (χ0) is 11.8. The summed E-state index contributed by atoms with van der Waals surface area (Å²) in [5.41, 5.74) is -0.000296. The Bertz CT molecular complexity index is 494. The van der Waals surface area contributed by atoms with Crippen molar-refractivity contribution in [3.8, 4) is 0 Å². The van der Waals surface area contributed by atoms with Crippen molar-refractivity contribution in [1.29, 1.82) is 0 Å². The van der Waals surface area contributed by atoms with Gasteiger partial charge in [0, 0.05) is 24.5 Å². The highest BCUT2D eigenvalue weighted by atomic mass is 16.2. The van der Waals surface area contributed by atoms with Crippen LogP contribution in [-0.2, 0) is 0 Å². The number of hydrogen-bond acceptors (Lipinski definition) is 2. The van der Waals surface area contributed by atoms with Crippen LogP contribution >= 0.6 is 0 Å². The van der Waals surface area contributed by atoms with Gasteiger partial charge in [-0.05, 0) is 31.1 Å². The first-order valence-electron chi connectivity index (χ1n) is 6.22. The molecule has 0 aromatic carbocycles. The molecule has 90 valence electrons. The number of hydrogen-bond donors (Lipinski definition) is 2. The quantitative estimate of drug-likeness (QED) is 0.807. The number of carbonyl (C=O) groups is 1. The summed E-state index contributed by atoms with van der Waals surface area (Å²) < 4.78 is 0. The maximum atomic E-state index is 12.0. The minimum Gasteiger partial charge on any atom is -0.367 e. The van der Waals surface area contributed by atoms with Gasteiger partial charge in [-0.25, -0.2) is 0 Å². The largest absolute Gasteiger partial charge is 0.367 e. The molecule has 2 aliphatic rings. The van der Waals surface area contributed by atoms with Gasteiger partial charge < -0.3 is 10.3 Å². The van der Waals surface area contributed by atoms with E-state index in [0.717, 1.165) is 12.3 Å². The van der Waals surface area contributed by atoms with Crippen molar-refractivity contribution in [2.45, 2.75) is 31.7 Å². The number of amides is 1. The van der Waals surface area contributed by atoms with Gasteiger partial charge in [0.05, 0.1) is 0 Å². The molecule has 0 spiro atoms. The Balaban J connectivity index is 1.72. The first-order chi connectivity index (χ1) is 8.24. The number of aromatic nitrogens is 1. The predicted molar refractivity (Wildman–Crippen MR) is 63.8 cm³/mol. The van der Waals surface area contributed by atoms with E-state index in [1.165, 1.54) is 37.7 Å². The molecule has 3 unspecified atom stereocenters. The van der Waals surface area contributed by atoms with Crippen molar-refractivity contribution in [1.82, 2.24) is 10.3 Å². The van der Waals surface area contributed by atoms with E-state index in [4.69, 9.17) is 0 Å².